The summed E-state index contributed by atoms with van der Waals surface area (Å²) in [6.07, 6.45) is 1.60. The quantitative estimate of drug-likeness (QED) is 0.105. The number of carbonyl (C=O) groups is 2. The Labute approximate surface area is 275 Å². The molecular formula is C38H39ClN4O3. The van der Waals surface area contributed by atoms with Gasteiger partial charge >= 0.3 is 0 Å². The smallest absolute Gasteiger partial charge is 0.249 e. The van der Waals surface area contributed by atoms with Crippen molar-refractivity contribution in [3.8, 4) is 5.75 Å². The number of piperazine rings is 1. The summed E-state index contributed by atoms with van der Waals surface area (Å²) in [4.78, 5) is 28.4. The number of nitrogens with zero attached hydrogens (tertiary/aromatic N) is 2. The molecule has 8 heteroatoms. The van der Waals surface area contributed by atoms with Crippen molar-refractivity contribution in [3.05, 3.63) is 125 Å². The highest BCUT2D eigenvalue weighted by molar-refractivity contribution is 6.18. The summed E-state index contributed by atoms with van der Waals surface area (Å²) in [6.45, 7) is 4.68. The van der Waals surface area contributed by atoms with Gasteiger partial charge in [-0.3, -0.25) is 19.8 Å². The number of amides is 2. The number of hydrogen-bond acceptors (Lipinski definition) is 6. The molecule has 0 bridgehead atoms. The Morgan fingerprint density at radius 1 is 0.804 bits per heavy atom. The molecule has 4 aromatic rings. The lowest BCUT2D eigenvalue weighted by Gasteiger charge is -2.36. The molecule has 236 valence electrons. The van der Waals surface area contributed by atoms with Gasteiger partial charge < -0.3 is 15.3 Å². The van der Waals surface area contributed by atoms with Crippen LogP contribution in [0.25, 0.3) is 11.1 Å². The van der Waals surface area contributed by atoms with Crippen LogP contribution in [0.15, 0.2) is 103 Å². The number of aromatic hydroxyl groups is 1. The van der Waals surface area contributed by atoms with Crippen molar-refractivity contribution in [3.63, 3.8) is 0 Å². The number of rotatable bonds is 10. The van der Waals surface area contributed by atoms with Crippen LogP contribution in [0.3, 0.4) is 0 Å². The standard InChI is InChI=1S/C38H39ClN4O3/c39-21-20-34(28-4-2-1-3-5-28)37(30-10-16-33(44)17-11-30)29-8-14-32(15-9-29)43-24-22-42(23-25-43)26-27-6-12-31(13-7-27)40-35-18-19-36(45)41-38(35)46/h1-17,35,40,44H,18-26H2,(H,41,45,46). The van der Waals surface area contributed by atoms with E-state index in [4.69, 9.17) is 11.6 Å². The number of piperidine rings is 1. The molecule has 2 amide bonds. The molecule has 3 N–H and O–H groups in total. The van der Waals surface area contributed by atoms with Crippen LogP contribution in [-0.2, 0) is 16.1 Å². The van der Waals surface area contributed by atoms with Gasteiger partial charge in [0.2, 0.25) is 11.8 Å². The molecule has 6 rings (SSSR count). The number of nitrogens with one attached hydrogen (secondary N) is 2. The van der Waals surface area contributed by atoms with Crippen molar-refractivity contribution < 1.29 is 14.7 Å². The molecule has 2 saturated heterocycles. The number of allylic oxidation sites excluding steroid dienone is 1. The molecule has 2 fully saturated rings. The van der Waals surface area contributed by atoms with Crippen LogP contribution in [-0.4, -0.2) is 59.9 Å². The molecular weight excluding hydrogens is 596 g/mol. The number of benzene rings is 4. The van der Waals surface area contributed by atoms with Crippen LogP contribution < -0.4 is 15.5 Å². The maximum absolute atomic E-state index is 12.1. The zero-order valence-corrected chi connectivity index (χ0v) is 26.5. The molecule has 7 nitrogen and oxygen atoms in total. The fourth-order valence-electron chi connectivity index (χ4n) is 6.29. The minimum absolute atomic E-state index is 0.206. The van der Waals surface area contributed by atoms with E-state index in [9.17, 15) is 14.7 Å². The van der Waals surface area contributed by atoms with Crippen LogP contribution in [0.4, 0.5) is 11.4 Å². The highest BCUT2D eigenvalue weighted by atomic mass is 35.5. The maximum atomic E-state index is 12.1. The molecule has 2 aliphatic rings. The summed E-state index contributed by atoms with van der Waals surface area (Å²) in [5.41, 5.74) is 8.93. The van der Waals surface area contributed by atoms with Crippen molar-refractivity contribution in [2.45, 2.75) is 31.8 Å². The molecule has 46 heavy (non-hydrogen) atoms. The van der Waals surface area contributed by atoms with Gasteiger partial charge in [0, 0.05) is 56.4 Å². The third-order valence-electron chi connectivity index (χ3n) is 8.76. The van der Waals surface area contributed by atoms with E-state index in [-0.39, 0.29) is 23.6 Å². The van der Waals surface area contributed by atoms with Crippen molar-refractivity contribution in [1.29, 1.82) is 0 Å². The van der Waals surface area contributed by atoms with E-state index in [0.717, 1.165) is 67.1 Å². The van der Waals surface area contributed by atoms with Crippen molar-refractivity contribution in [1.82, 2.24) is 10.2 Å². The summed E-state index contributed by atoms with van der Waals surface area (Å²) < 4.78 is 0. The fraction of sp³-hybridized carbons (Fsp3) is 0.263. The zero-order valence-electron chi connectivity index (χ0n) is 25.8. The van der Waals surface area contributed by atoms with Crippen LogP contribution in [0, 0.1) is 0 Å². The van der Waals surface area contributed by atoms with Gasteiger partial charge in [0.05, 0.1) is 0 Å². The van der Waals surface area contributed by atoms with Gasteiger partial charge in [-0.05, 0) is 82.6 Å². The molecule has 2 heterocycles. The van der Waals surface area contributed by atoms with Crippen LogP contribution in [0.5, 0.6) is 5.75 Å². The predicted molar refractivity (Wildman–Crippen MR) is 186 cm³/mol. The van der Waals surface area contributed by atoms with E-state index in [2.05, 4.69) is 81.1 Å². The summed E-state index contributed by atoms with van der Waals surface area (Å²) in [5, 5.41) is 15.6. The van der Waals surface area contributed by atoms with Gasteiger partial charge in [-0.2, -0.15) is 0 Å². The highest BCUT2D eigenvalue weighted by Crippen LogP contribution is 2.36. The van der Waals surface area contributed by atoms with Gasteiger partial charge in [-0.25, -0.2) is 0 Å². The van der Waals surface area contributed by atoms with E-state index in [1.807, 2.05) is 30.3 Å². The van der Waals surface area contributed by atoms with Crippen molar-refractivity contribution >= 4 is 45.9 Å². The van der Waals surface area contributed by atoms with Gasteiger partial charge in [-0.1, -0.05) is 66.7 Å². The molecule has 4 aromatic carbocycles. The topological polar surface area (TPSA) is 84.9 Å². The number of phenols is 1. The third-order valence-corrected chi connectivity index (χ3v) is 8.95. The Morgan fingerprint density at radius 3 is 2.09 bits per heavy atom. The predicted octanol–water partition coefficient (Wildman–Crippen LogP) is 6.52. The van der Waals surface area contributed by atoms with E-state index >= 15 is 0 Å². The first-order valence-corrected chi connectivity index (χ1v) is 16.4. The lowest BCUT2D eigenvalue weighted by Crippen LogP contribution is -2.47. The zero-order chi connectivity index (χ0) is 31.9. The average Bonchev–Trinajstić information content (AvgIpc) is 3.08. The van der Waals surface area contributed by atoms with Crippen molar-refractivity contribution in [2.75, 3.05) is 42.3 Å². The second-order valence-corrected chi connectivity index (χ2v) is 12.2. The molecule has 1 unspecified atom stereocenters. The van der Waals surface area contributed by atoms with E-state index in [0.29, 0.717) is 18.7 Å². The number of hydrogen-bond donors (Lipinski definition) is 3. The number of alkyl halides is 1. The first-order chi connectivity index (χ1) is 22.5. The van der Waals surface area contributed by atoms with E-state index in [1.165, 1.54) is 16.8 Å². The second kappa shape index (κ2) is 14.7. The summed E-state index contributed by atoms with van der Waals surface area (Å²) >= 11 is 6.32. The molecule has 0 spiro atoms. The molecule has 0 saturated carbocycles. The Kier molecular flexibility index (Phi) is 10.0. The lowest BCUT2D eigenvalue weighted by molar-refractivity contribution is -0.133. The molecule has 0 radical (unpaired) electrons. The number of phenolic OH excluding ortho intramolecular Hbond substituents is 1. The van der Waals surface area contributed by atoms with Crippen LogP contribution in [0.2, 0.25) is 0 Å². The number of anilines is 2. The Morgan fingerprint density at radius 2 is 1.46 bits per heavy atom. The van der Waals surface area contributed by atoms with Gasteiger partial charge in [0.15, 0.2) is 0 Å². The minimum atomic E-state index is -0.377. The molecule has 0 aliphatic carbocycles. The van der Waals surface area contributed by atoms with Crippen LogP contribution >= 0.6 is 11.6 Å². The van der Waals surface area contributed by atoms with Gasteiger partial charge in [-0.15, -0.1) is 11.6 Å². The Hall–Kier alpha value is -4.59. The number of halogens is 1. The molecule has 1 atom stereocenters. The van der Waals surface area contributed by atoms with Crippen LogP contribution in [0.1, 0.15) is 41.5 Å². The van der Waals surface area contributed by atoms with E-state index < -0.39 is 0 Å². The SMILES string of the molecule is O=C1CCC(Nc2ccc(CN3CCN(c4ccc(C(=C(CCCl)c5ccccc5)c5ccc(O)cc5)cc4)CC3)cc2)C(=O)N1. The van der Waals surface area contributed by atoms with Gasteiger partial charge in [0.25, 0.3) is 0 Å². The largest absolute Gasteiger partial charge is 0.508 e. The lowest BCUT2D eigenvalue weighted by atomic mass is 9.88. The van der Waals surface area contributed by atoms with Crippen molar-refractivity contribution in [2.24, 2.45) is 0 Å². The number of carbonyl (C=O) groups excluding carboxylic acids is 2. The Balaban J connectivity index is 1.10. The highest BCUT2D eigenvalue weighted by Gasteiger charge is 2.26. The fourth-order valence-corrected chi connectivity index (χ4v) is 6.48. The molecule has 0 aromatic heterocycles. The first kappa shape index (κ1) is 31.4. The van der Waals surface area contributed by atoms with E-state index in [1.54, 1.807) is 12.1 Å². The maximum Gasteiger partial charge on any atom is 0.249 e. The Bertz CT molecular complexity index is 1660. The first-order valence-electron chi connectivity index (χ1n) is 15.9. The normalized spacial score (nSPS) is 17.8. The molecule has 2 aliphatic heterocycles. The average molecular weight is 635 g/mol. The summed E-state index contributed by atoms with van der Waals surface area (Å²) in [5.74, 6) is 0.292. The second-order valence-electron chi connectivity index (χ2n) is 11.9. The summed E-state index contributed by atoms with van der Waals surface area (Å²) in [7, 11) is 0. The minimum Gasteiger partial charge on any atom is -0.508 e. The summed E-state index contributed by atoms with van der Waals surface area (Å²) in [6, 6.07) is 34.5. The monoisotopic (exact) mass is 634 g/mol. The third kappa shape index (κ3) is 7.61. The van der Waals surface area contributed by atoms with Gasteiger partial charge in [0.1, 0.15) is 11.8 Å². The number of imide groups is 1.